The Labute approximate surface area is 121 Å². The third-order valence-corrected chi connectivity index (χ3v) is 5.31. The van der Waals surface area contributed by atoms with E-state index in [0.29, 0.717) is 4.83 Å². The quantitative estimate of drug-likeness (QED) is 0.715. The van der Waals surface area contributed by atoms with Crippen molar-refractivity contribution in [3.63, 3.8) is 0 Å². The van der Waals surface area contributed by atoms with Crippen molar-refractivity contribution in [2.45, 2.75) is 25.1 Å². The van der Waals surface area contributed by atoms with Gasteiger partial charge in [-0.3, -0.25) is 0 Å². The number of aryl methyl sites for hydroxylation is 2. The molecule has 1 unspecified atom stereocenters. The Kier molecular flexibility index (Phi) is 4.46. The number of rotatable bonds is 4. The fraction of sp³-hybridized carbons (Fsp3) is 0.333. The summed E-state index contributed by atoms with van der Waals surface area (Å²) in [7, 11) is 1.72. The molecule has 96 valence electrons. The Balaban J connectivity index is 2.21. The topological polar surface area (TPSA) is 9.23 Å². The van der Waals surface area contributed by atoms with Crippen molar-refractivity contribution in [2.24, 2.45) is 0 Å². The van der Waals surface area contributed by atoms with Crippen LogP contribution in [0.4, 0.5) is 0 Å². The fourth-order valence-electron chi connectivity index (χ4n) is 2.13. The van der Waals surface area contributed by atoms with Gasteiger partial charge in [-0.2, -0.15) is 0 Å². The Morgan fingerprint density at radius 2 is 2.00 bits per heavy atom. The molecule has 0 amide bonds. The number of para-hydroxylation sites is 1. The summed E-state index contributed by atoms with van der Waals surface area (Å²) < 4.78 is 5.40. The molecule has 2 rings (SSSR count). The highest BCUT2D eigenvalue weighted by atomic mass is 79.9. The van der Waals surface area contributed by atoms with Gasteiger partial charge in [0.05, 0.1) is 11.9 Å². The monoisotopic (exact) mass is 324 g/mol. The normalized spacial score (nSPS) is 12.4. The second-order valence-electron chi connectivity index (χ2n) is 4.39. The summed E-state index contributed by atoms with van der Waals surface area (Å²) >= 11 is 5.67. The SMILES string of the molecule is COc1ccccc1CC(Br)c1sc(C)cc1C. The third-order valence-electron chi connectivity index (χ3n) is 2.96. The second-order valence-corrected chi connectivity index (χ2v) is 6.78. The van der Waals surface area contributed by atoms with Crippen molar-refractivity contribution < 1.29 is 4.74 Å². The van der Waals surface area contributed by atoms with Crippen molar-refractivity contribution in [1.29, 1.82) is 0 Å². The molecule has 0 radical (unpaired) electrons. The summed E-state index contributed by atoms with van der Waals surface area (Å²) in [4.78, 5) is 3.14. The molecule has 0 bridgehead atoms. The predicted molar refractivity (Wildman–Crippen MR) is 82.2 cm³/mol. The molecule has 0 aliphatic carbocycles. The molecule has 1 atom stereocenters. The van der Waals surface area contributed by atoms with Crippen LogP contribution in [0.2, 0.25) is 0 Å². The van der Waals surface area contributed by atoms with Crippen LogP contribution in [0.15, 0.2) is 30.3 Å². The smallest absolute Gasteiger partial charge is 0.122 e. The zero-order valence-electron chi connectivity index (χ0n) is 10.9. The molecule has 0 aliphatic heterocycles. The lowest BCUT2D eigenvalue weighted by atomic mass is 10.1. The van der Waals surface area contributed by atoms with Gasteiger partial charge in [0.1, 0.15) is 5.75 Å². The molecule has 3 heteroatoms. The highest BCUT2D eigenvalue weighted by Crippen LogP contribution is 2.36. The first-order valence-electron chi connectivity index (χ1n) is 5.94. The van der Waals surface area contributed by atoms with Crippen LogP contribution in [-0.4, -0.2) is 7.11 Å². The number of ether oxygens (including phenoxy) is 1. The molecule has 1 nitrogen and oxygen atoms in total. The zero-order chi connectivity index (χ0) is 13.1. The number of halogens is 1. The number of hydrogen-bond donors (Lipinski definition) is 0. The van der Waals surface area contributed by atoms with E-state index in [9.17, 15) is 0 Å². The van der Waals surface area contributed by atoms with E-state index < -0.39 is 0 Å². The van der Waals surface area contributed by atoms with Crippen molar-refractivity contribution in [3.05, 3.63) is 51.2 Å². The first-order valence-corrected chi connectivity index (χ1v) is 7.68. The number of hydrogen-bond acceptors (Lipinski definition) is 2. The van der Waals surface area contributed by atoms with Crippen molar-refractivity contribution in [3.8, 4) is 5.75 Å². The molecule has 0 spiro atoms. The molecule has 0 fully saturated rings. The minimum atomic E-state index is 0.354. The van der Waals surface area contributed by atoms with Crippen LogP contribution in [0.3, 0.4) is 0 Å². The molecular formula is C15H17BrOS. The Bertz CT molecular complexity index is 533. The van der Waals surface area contributed by atoms with Crippen molar-refractivity contribution in [2.75, 3.05) is 7.11 Å². The molecule has 0 saturated carbocycles. The Morgan fingerprint density at radius 1 is 1.28 bits per heavy atom. The van der Waals surface area contributed by atoms with E-state index in [-0.39, 0.29) is 0 Å². The number of thiophene rings is 1. The fourth-order valence-corrected chi connectivity index (χ4v) is 4.13. The summed E-state index contributed by atoms with van der Waals surface area (Å²) in [5.41, 5.74) is 2.61. The second kappa shape index (κ2) is 5.89. The van der Waals surface area contributed by atoms with Gasteiger partial charge in [0.25, 0.3) is 0 Å². The molecule has 0 aliphatic rings. The van der Waals surface area contributed by atoms with Crippen LogP contribution in [0.5, 0.6) is 5.75 Å². The van der Waals surface area contributed by atoms with Gasteiger partial charge >= 0.3 is 0 Å². The summed E-state index contributed by atoms with van der Waals surface area (Å²) in [6.07, 6.45) is 0.949. The maximum Gasteiger partial charge on any atom is 0.122 e. The van der Waals surface area contributed by atoms with Gasteiger partial charge in [0.2, 0.25) is 0 Å². The number of methoxy groups -OCH3 is 1. The van der Waals surface area contributed by atoms with Crippen molar-refractivity contribution >= 4 is 27.3 Å². The van der Waals surface area contributed by atoms with Crippen LogP contribution < -0.4 is 4.74 Å². The van der Waals surface area contributed by atoms with Crippen LogP contribution in [0.25, 0.3) is 0 Å². The van der Waals surface area contributed by atoms with Gasteiger partial charge < -0.3 is 4.74 Å². The molecule has 1 aromatic heterocycles. The third kappa shape index (κ3) is 2.96. The molecule has 18 heavy (non-hydrogen) atoms. The first kappa shape index (κ1) is 13.6. The van der Waals surface area contributed by atoms with E-state index in [1.54, 1.807) is 7.11 Å². The van der Waals surface area contributed by atoms with E-state index in [4.69, 9.17) is 4.74 Å². The molecule has 1 aromatic carbocycles. The maximum absolute atomic E-state index is 5.40. The lowest BCUT2D eigenvalue weighted by Crippen LogP contribution is -1.97. The Hall–Kier alpha value is -0.800. The highest BCUT2D eigenvalue weighted by Gasteiger charge is 2.15. The minimum absolute atomic E-state index is 0.354. The summed E-state index contributed by atoms with van der Waals surface area (Å²) in [6, 6.07) is 10.5. The van der Waals surface area contributed by atoms with Crippen LogP contribution >= 0.6 is 27.3 Å². The largest absolute Gasteiger partial charge is 0.496 e. The van der Waals surface area contributed by atoms with Gasteiger partial charge in [-0.05, 0) is 43.5 Å². The average molecular weight is 325 g/mol. The van der Waals surface area contributed by atoms with Gasteiger partial charge in [-0.15, -0.1) is 11.3 Å². The summed E-state index contributed by atoms with van der Waals surface area (Å²) in [5, 5.41) is 0. The number of alkyl halides is 1. The van der Waals surface area contributed by atoms with Crippen LogP contribution in [0.1, 0.15) is 25.7 Å². The maximum atomic E-state index is 5.40. The molecular weight excluding hydrogens is 308 g/mol. The van der Waals surface area contributed by atoms with Crippen molar-refractivity contribution in [1.82, 2.24) is 0 Å². The van der Waals surface area contributed by atoms with Gasteiger partial charge in [0.15, 0.2) is 0 Å². The van der Waals surface area contributed by atoms with Gasteiger partial charge in [0, 0.05) is 9.75 Å². The summed E-state index contributed by atoms with van der Waals surface area (Å²) in [6.45, 7) is 4.33. The van der Waals surface area contributed by atoms with Crippen LogP contribution in [0, 0.1) is 13.8 Å². The molecule has 0 saturated heterocycles. The van der Waals surface area contributed by atoms with E-state index in [1.807, 2.05) is 23.5 Å². The molecule has 0 N–H and O–H groups in total. The van der Waals surface area contributed by atoms with Gasteiger partial charge in [-0.25, -0.2) is 0 Å². The van der Waals surface area contributed by atoms with Crippen LogP contribution in [-0.2, 0) is 6.42 Å². The minimum Gasteiger partial charge on any atom is -0.496 e. The molecule has 1 heterocycles. The Morgan fingerprint density at radius 3 is 2.61 bits per heavy atom. The molecule has 2 aromatic rings. The van der Waals surface area contributed by atoms with E-state index >= 15 is 0 Å². The van der Waals surface area contributed by atoms with E-state index in [0.717, 1.165) is 12.2 Å². The van der Waals surface area contributed by atoms with E-state index in [2.05, 4.69) is 48.0 Å². The highest BCUT2D eigenvalue weighted by molar-refractivity contribution is 9.09. The number of benzene rings is 1. The lowest BCUT2D eigenvalue weighted by molar-refractivity contribution is 0.409. The average Bonchev–Trinajstić information content (AvgIpc) is 2.69. The van der Waals surface area contributed by atoms with E-state index in [1.165, 1.54) is 20.9 Å². The zero-order valence-corrected chi connectivity index (χ0v) is 13.3. The lowest BCUT2D eigenvalue weighted by Gasteiger charge is -2.12. The standard InChI is InChI=1S/C15H17BrOS/c1-10-8-11(2)18-15(10)13(16)9-12-6-4-5-7-14(12)17-3/h4-8,13H,9H2,1-3H3. The first-order chi connectivity index (χ1) is 8.61. The van der Waals surface area contributed by atoms with Gasteiger partial charge in [-0.1, -0.05) is 34.1 Å². The predicted octanol–water partition coefficient (Wildman–Crippen LogP) is 5.05. The summed E-state index contributed by atoms with van der Waals surface area (Å²) in [5.74, 6) is 0.966.